The van der Waals surface area contributed by atoms with Crippen molar-refractivity contribution in [2.45, 2.75) is 25.6 Å². The zero-order chi connectivity index (χ0) is 17.9. The van der Waals surface area contributed by atoms with E-state index in [9.17, 15) is 27.6 Å². The third-order valence-electron chi connectivity index (χ3n) is 3.51. The number of aromatic nitrogens is 1. The maximum Gasteiger partial charge on any atom is 0.417 e. The van der Waals surface area contributed by atoms with Crippen LogP contribution < -0.4 is 10.6 Å². The first-order valence-corrected chi connectivity index (χ1v) is 7.13. The minimum atomic E-state index is -4.54. The van der Waals surface area contributed by atoms with Gasteiger partial charge in [0.1, 0.15) is 11.9 Å². The molecule has 0 radical (unpaired) electrons. The van der Waals surface area contributed by atoms with E-state index in [0.717, 1.165) is 17.0 Å². The number of nitrogens with one attached hydrogen (secondary N) is 2. The third kappa shape index (κ3) is 4.00. The van der Waals surface area contributed by atoms with Gasteiger partial charge in [-0.05, 0) is 25.5 Å². The number of pyridine rings is 1. The molecule has 1 aliphatic heterocycles. The zero-order valence-electron chi connectivity index (χ0n) is 12.7. The smallest absolute Gasteiger partial charge is 0.354 e. The number of carbonyl (C=O) groups is 3. The molecule has 24 heavy (non-hydrogen) atoms. The Hall–Kier alpha value is -2.65. The molecular weight excluding hydrogens is 329 g/mol. The fourth-order valence-corrected chi connectivity index (χ4v) is 2.16. The van der Waals surface area contributed by atoms with Crippen LogP contribution in [-0.4, -0.2) is 46.7 Å². The number of halogens is 3. The van der Waals surface area contributed by atoms with Crippen LogP contribution in [0.4, 0.5) is 19.0 Å². The molecule has 130 valence electrons. The highest BCUT2D eigenvalue weighted by atomic mass is 19.4. The molecule has 0 aliphatic carbocycles. The van der Waals surface area contributed by atoms with Gasteiger partial charge in [-0.15, -0.1) is 0 Å². The van der Waals surface area contributed by atoms with E-state index in [-0.39, 0.29) is 18.3 Å². The number of anilines is 1. The highest BCUT2D eigenvalue weighted by molar-refractivity contribution is 6.39. The minimum Gasteiger partial charge on any atom is -0.354 e. The summed E-state index contributed by atoms with van der Waals surface area (Å²) >= 11 is 0. The van der Waals surface area contributed by atoms with Crippen LogP contribution in [0.2, 0.25) is 0 Å². The molecule has 2 rings (SSSR count). The van der Waals surface area contributed by atoms with E-state index >= 15 is 0 Å². The average Bonchev–Trinajstić information content (AvgIpc) is 2.68. The van der Waals surface area contributed by atoms with Crippen molar-refractivity contribution in [3.05, 3.63) is 23.9 Å². The van der Waals surface area contributed by atoms with Gasteiger partial charge in [0.15, 0.2) is 0 Å². The summed E-state index contributed by atoms with van der Waals surface area (Å²) in [5.74, 6) is -2.57. The van der Waals surface area contributed by atoms with Gasteiger partial charge in [-0.1, -0.05) is 0 Å². The lowest BCUT2D eigenvalue weighted by Gasteiger charge is -2.24. The third-order valence-corrected chi connectivity index (χ3v) is 3.51. The standard InChI is InChI=1S/C14H15F3N4O3/c1-8-11(22)18-5-2-6-21(8)13(24)12(23)20-10-4-3-9(7-19-10)14(15,16)17/h3-4,7-8H,2,5-6H2,1H3,(H,18,22)(H,19,20,23)/t8-/m0/s1. The Morgan fingerprint density at radius 1 is 1.38 bits per heavy atom. The molecule has 1 aromatic rings. The van der Waals surface area contributed by atoms with E-state index in [1.807, 2.05) is 0 Å². The molecule has 2 N–H and O–H groups in total. The van der Waals surface area contributed by atoms with E-state index in [1.54, 1.807) is 0 Å². The predicted octanol–water partition coefficient (Wildman–Crippen LogP) is 0.776. The van der Waals surface area contributed by atoms with Crippen molar-refractivity contribution in [2.24, 2.45) is 0 Å². The molecule has 0 unspecified atom stereocenters. The second-order valence-corrected chi connectivity index (χ2v) is 5.20. The van der Waals surface area contributed by atoms with Crippen LogP contribution in [0.5, 0.6) is 0 Å². The summed E-state index contributed by atoms with van der Waals surface area (Å²) in [6.45, 7) is 2.10. The number of rotatable bonds is 1. The molecule has 0 spiro atoms. The highest BCUT2D eigenvalue weighted by Gasteiger charge is 2.33. The van der Waals surface area contributed by atoms with Gasteiger partial charge in [-0.3, -0.25) is 14.4 Å². The topological polar surface area (TPSA) is 91.4 Å². The van der Waals surface area contributed by atoms with Gasteiger partial charge in [0, 0.05) is 19.3 Å². The van der Waals surface area contributed by atoms with E-state index in [0.29, 0.717) is 19.2 Å². The molecular formula is C14H15F3N4O3. The summed E-state index contributed by atoms with van der Waals surface area (Å²) in [6.07, 6.45) is -3.49. The first-order valence-electron chi connectivity index (χ1n) is 7.13. The first-order chi connectivity index (χ1) is 11.2. The molecule has 1 fully saturated rings. The molecule has 0 aromatic carbocycles. The summed E-state index contributed by atoms with van der Waals surface area (Å²) in [4.78, 5) is 40.4. The molecule has 10 heteroatoms. The fourth-order valence-electron chi connectivity index (χ4n) is 2.16. The molecule has 2 heterocycles. The Morgan fingerprint density at radius 2 is 2.08 bits per heavy atom. The molecule has 1 aliphatic rings. The number of hydrogen-bond donors (Lipinski definition) is 2. The Balaban J connectivity index is 2.06. The summed E-state index contributed by atoms with van der Waals surface area (Å²) in [5.41, 5.74) is -0.968. The van der Waals surface area contributed by atoms with Crippen LogP contribution >= 0.6 is 0 Å². The van der Waals surface area contributed by atoms with Gasteiger partial charge < -0.3 is 15.5 Å². The normalized spacial score (nSPS) is 18.6. The summed E-state index contributed by atoms with van der Waals surface area (Å²) in [7, 11) is 0. The first kappa shape index (κ1) is 17.7. The molecule has 0 saturated carbocycles. The van der Waals surface area contributed by atoms with Gasteiger partial charge in [0.05, 0.1) is 5.56 Å². The van der Waals surface area contributed by atoms with E-state index in [1.165, 1.54) is 6.92 Å². The van der Waals surface area contributed by atoms with Gasteiger partial charge in [-0.25, -0.2) is 4.98 Å². The minimum absolute atomic E-state index is 0.187. The van der Waals surface area contributed by atoms with Crippen LogP contribution in [0.1, 0.15) is 18.9 Å². The largest absolute Gasteiger partial charge is 0.417 e. The van der Waals surface area contributed by atoms with Crippen LogP contribution in [0.15, 0.2) is 18.3 Å². The monoisotopic (exact) mass is 344 g/mol. The number of carbonyl (C=O) groups excluding carboxylic acids is 3. The molecule has 3 amide bonds. The van der Waals surface area contributed by atoms with E-state index in [2.05, 4.69) is 15.6 Å². The molecule has 1 saturated heterocycles. The van der Waals surface area contributed by atoms with Crippen molar-refractivity contribution in [3.8, 4) is 0 Å². The molecule has 1 aromatic heterocycles. The second-order valence-electron chi connectivity index (χ2n) is 5.20. The quantitative estimate of drug-likeness (QED) is 0.737. The SMILES string of the molecule is C[C@H]1C(=O)NCCCN1C(=O)C(=O)Nc1ccc(C(F)(F)F)cn1. The zero-order valence-corrected chi connectivity index (χ0v) is 12.7. The van der Waals surface area contributed by atoms with E-state index in [4.69, 9.17) is 0 Å². The van der Waals surface area contributed by atoms with Crippen molar-refractivity contribution in [1.29, 1.82) is 0 Å². The van der Waals surface area contributed by atoms with Crippen LogP contribution in [0.3, 0.4) is 0 Å². The van der Waals surface area contributed by atoms with E-state index < -0.39 is 29.6 Å². The number of hydrogen-bond acceptors (Lipinski definition) is 4. The van der Waals surface area contributed by atoms with Crippen LogP contribution in [0, 0.1) is 0 Å². The number of amides is 3. The second kappa shape index (κ2) is 6.85. The Morgan fingerprint density at radius 3 is 2.67 bits per heavy atom. The van der Waals surface area contributed by atoms with Crippen molar-refractivity contribution in [1.82, 2.24) is 15.2 Å². The molecule has 1 atom stereocenters. The fraction of sp³-hybridized carbons (Fsp3) is 0.429. The van der Waals surface area contributed by atoms with Gasteiger partial charge in [-0.2, -0.15) is 13.2 Å². The Labute approximate surface area is 135 Å². The Kier molecular flexibility index (Phi) is 5.05. The summed E-state index contributed by atoms with van der Waals surface area (Å²) in [6, 6.07) is 0.882. The van der Waals surface area contributed by atoms with Crippen LogP contribution in [-0.2, 0) is 20.6 Å². The van der Waals surface area contributed by atoms with Crippen molar-refractivity contribution in [2.75, 3.05) is 18.4 Å². The average molecular weight is 344 g/mol. The van der Waals surface area contributed by atoms with Crippen molar-refractivity contribution >= 4 is 23.5 Å². The predicted molar refractivity (Wildman–Crippen MR) is 76.7 cm³/mol. The van der Waals surface area contributed by atoms with Crippen molar-refractivity contribution in [3.63, 3.8) is 0 Å². The summed E-state index contributed by atoms with van der Waals surface area (Å²) < 4.78 is 37.3. The maximum absolute atomic E-state index is 12.4. The van der Waals surface area contributed by atoms with Crippen LogP contribution in [0.25, 0.3) is 0 Å². The van der Waals surface area contributed by atoms with Gasteiger partial charge >= 0.3 is 18.0 Å². The van der Waals surface area contributed by atoms with Gasteiger partial charge in [0.2, 0.25) is 5.91 Å². The lowest BCUT2D eigenvalue weighted by atomic mass is 10.2. The molecule has 7 nitrogen and oxygen atoms in total. The van der Waals surface area contributed by atoms with Gasteiger partial charge in [0.25, 0.3) is 0 Å². The maximum atomic E-state index is 12.4. The lowest BCUT2D eigenvalue weighted by Crippen LogP contribution is -2.49. The highest BCUT2D eigenvalue weighted by Crippen LogP contribution is 2.28. The number of alkyl halides is 3. The van der Waals surface area contributed by atoms with Crippen molar-refractivity contribution < 1.29 is 27.6 Å². The number of nitrogens with zero attached hydrogens (tertiary/aromatic N) is 2. The summed E-state index contributed by atoms with van der Waals surface area (Å²) in [5, 5.41) is 4.74. The lowest BCUT2D eigenvalue weighted by molar-refractivity contribution is -0.146. The Bertz CT molecular complexity index is 646. The molecule has 0 bridgehead atoms.